The van der Waals surface area contributed by atoms with Crippen LogP contribution in [0.5, 0.6) is 0 Å². The van der Waals surface area contributed by atoms with Gasteiger partial charge in [0.05, 0.1) is 0 Å². The van der Waals surface area contributed by atoms with E-state index in [1.807, 2.05) is 0 Å². The van der Waals surface area contributed by atoms with Gasteiger partial charge >= 0.3 is 0 Å². The van der Waals surface area contributed by atoms with Crippen molar-refractivity contribution >= 4 is 21.5 Å². The molecule has 3 aromatic carbocycles. The monoisotopic (exact) mass is 370 g/mol. The molecule has 0 aromatic heterocycles. The molecule has 0 amide bonds. The smallest absolute Gasteiger partial charge is 0.0143 e. The van der Waals surface area contributed by atoms with Gasteiger partial charge in [-0.3, -0.25) is 0 Å². The van der Waals surface area contributed by atoms with E-state index in [9.17, 15) is 0 Å². The Morgan fingerprint density at radius 2 is 0.893 bits per heavy atom. The van der Waals surface area contributed by atoms with E-state index in [4.69, 9.17) is 0 Å². The predicted octanol–water partition coefficient (Wildman–Crippen LogP) is 8.71. The lowest BCUT2D eigenvalue weighted by molar-refractivity contribution is 0.444. The number of aryl methyl sites for hydroxylation is 2. The van der Waals surface area contributed by atoms with Gasteiger partial charge in [-0.2, -0.15) is 0 Å². The van der Waals surface area contributed by atoms with E-state index in [0.717, 1.165) is 11.8 Å². The van der Waals surface area contributed by atoms with Crippen molar-refractivity contribution in [3.8, 4) is 0 Å². The van der Waals surface area contributed by atoms with Crippen LogP contribution < -0.4 is 0 Å². The van der Waals surface area contributed by atoms with Crippen molar-refractivity contribution in [2.75, 3.05) is 0 Å². The predicted molar refractivity (Wildman–Crippen MR) is 123 cm³/mol. The maximum atomic E-state index is 2.53. The van der Waals surface area contributed by atoms with Gasteiger partial charge in [0.25, 0.3) is 0 Å². The van der Waals surface area contributed by atoms with Crippen LogP contribution in [0.2, 0.25) is 0 Å². The summed E-state index contributed by atoms with van der Waals surface area (Å²) in [5.41, 5.74) is 6.10. The molecule has 0 aliphatic heterocycles. The van der Waals surface area contributed by atoms with Crippen molar-refractivity contribution in [2.45, 2.75) is 89.9 Å². The van der Waals surface area contributed by atoms with Crippen LogP contribution in [0.4, 0.5) is 0 Å². The molecular formula is C28H34. The molecule has 2 saturated carbocycles. The van der Waals surface area contributed by atoms with Crippen LogP contribution in [0.25, 0.3) is 21.5 Å². The van der Waals surface area contributed by atoms with Crippen LogP contribution in [0, 0.1) is 13.8 Å². The summed E-state index contributed by atoms with van der Waals surface area (Å²) in [5.74, 6) is 1.56. The Kier molecular flexibility index (Phi) is 4.91. The van der Waals surface area contributed by atoms with E-state index < -0.39 is 0 Å². The Bertz CT molecular complexity index is 914. The Morgan fingerprint density at radius 1 is 0.500 bits per heavy atom. The molecule has 146 valence electrons. The minimum atomic E-state index is 0.780. The highest BCUT2D eigenvalue weighted by Gasteiger charge is 2.19. The molecule has 2 aliphatic carbocycles. The molecule has 28 heavy (non-hydrogen) atoms. The highest BCUT2D eigenvalue weighted by Crippen LogP contribution is 2.39. The largest absolute Gasteiger partial charge is 0.0581 e. The SMILES string of the molecule is Cc1c2ccc(C3CCCCC3)cc2c(C)c2ccc(C3CCCCC3)cc12. The first-order chi connectivity index (χ1) is 13.7. The summed E-state index contributed by atoms with van der Waals surface area (Å²) in [6.45, 7) is 4.68. The molecule has 2 aliphatic rings. The molecule has 0 unspecified atom stereocenters. The fourth-order valence-corrected chi connectivity index (χ4v) is 6.07. The molecular weight excluding hydrogens is 336 g/mol. The molecule has 5 rings (SSSR count). The van der Waals surface area contributed by atoms with Gasteiger partial charge in [0.2, 0.25) is 0 Å². The van der Waals surface area contributed by atoms with Crippen molar-refractivity contribution in [1.82, 2.24) is 0 Å². The topological polar surface area (TPSA) is 0 Å². The highest BCUT2D eigenvalue weighted by molar-refractivity contribution is 6.05. The van der Waals surface area contributed by atoms with Crippen LogP contribution in [0.1, 0.15) is 98.3 Å². The zero-order valence-corrected chi connectivity index (χ0v) is 17.7. The van der Waals surface area contributed by atoms with Crippen LogP contribution in [0.3, 0.4) is 0 Å². The summed E-state index contributed by atoms with van der Waals surface area (Å²) in [7, 11) is 0. The van der Waals surface area contributed by atoms with E-state index >= 15 is 0 Å². The number of benzene rings is 3. The van der Waals surface area contributed by atoms with E-state index in [-0.39, 0.29) is 0 Å². The van der Waals surface area contributed by atoms with Gasteiger partial charge in [-0.15, -0.1) is 0 Å². The van der Waals surface area contributed by atoms with Crippen LogP contribution in [-0.2, 0) is 0 Å². The zero-order chi connectivity index (χ0) is 19.1. The van der Waals surface area contributed by atoms with Crippen molar-refractivity contribution < 1.29 is 0 Å². The van der Waals surface area contributed by atoms with Crippen LogP contribution >= 0.6 is 0 Å². The highest BCUT2D eigenvalue weighted by atomic mass is 14.2. The zero-order valence-electron chi connectivity index (χ0n) is 17.7. The molecule has 0 N–H and O–H groups in total. The summed E-state index contributed by atoms with van der Waals surface area (Å²) in [6, 6.07) is 14.8. The molecule has 0 spiro atoms. The number of hydrogen-bond donors (Lipinski definition) is 0. The van der Waals surface area contributed by atoms with Crippen molar-refractivity contribution in [3.05, 3.63) is 58.7 Å². The van der Waals surface area contributed by atoms with E-state index in [2.05, 4.69) is 50.2 Å². The molecule has 0 bridgehead atoms. The Labute approximate surface area is 170 Å². The molecule has 0 heterocycles. The molecule has 0 atom stereocenters. The summed E-state index contributed by atoms with van der Waals surface area (Å²) >= 11 is 0. The van der Waals surface area contributed by atoms with Crippen LogP contribution in [-0.4, -0.2) is 0 Å². The molecule has 0 saturated heterocycles. The van der Waals surface area contributed by atoms with E-state index in [1.54, 1.807) is 11.1 Å². The third-order valence-electron chi connectivity index (χ3n) is 7.86. The summed E-state index contributed by atoms with van der Waals surface area (Å²) in [5, 5.41) is 5.90. The summed E-state index contributed by atoms with van der Waals surface area (Å²) < 4.78 is 0. The van der Waals surface area contributed by atoms with Gasteiger partial charge < -0.3 is 0 Å². The van der Waals surface area contributed by atoms with Crippen LogP contribution in [0.15, 0.2) is 36.4 Å². The van der Waals surface area contributed by atoms with E-state index in [1.165, 1.54) is 96.9 Å². The van der Waals surface area contributed by atoms with Crippen molar-refractivity contribution in [2.24, 2.45) is 0 Å². The minimum Gasteiger partial charge on any atom is -0.0581 e. The first-order valence-corrected chi connectivity index (χ1v) is 11.7. The second-order valence-electron chi connectivity index (χ2n) is 9.53. The fourth-order valence-electron chi connectivity index (χ4n) is 6.07. The van der Waals surface area contributed by atoms with Gasteiger partial charge in [0, 0.05) is 0 Å². The fraction of sp³-hybridized carbons (Fsp3) is 0.500. The first kappa shape index (κ1) is 18.2. The molecule has 0 nitrogen and oxygen atoms in total. The summed E-state index contributed by atoms with van der Waals surface area (Å²) in [4.78, 5) is 0. The van der Waals surface area contributed by atoms with Crippen molar-refractivity contribution in [3.63, 3.8) is 0 Å². The van der Waals surface area contributed by atoms with Gasteiger partial charge in [0.15, 0.2) is 0 Å². The van der Waals surface area contributed by atoms with Gasteiger partial charge in [-0.25, -0.2) is 0 Å². The van der Waals surface area contributed by atoms with E-state index in [0.29, 0.717) is 0 Å². The lowest BCUT2D eigenvalue weighted by Crippen LogP contribution is -2.05. The second kappa shape index (κ2) is 7.54. The lowest BCUT2D eigenvalue weighted by Gasteiger charge is -2.24. The minimum absolute atomic E-state index is 0.780. The average molecular weight is 371 g/mol. The normalized spacial score (nSPS) is 19.5. The first-order valence-electron chi connectivity index (χ1n) is 11.7. The Hall–Kier alpha value is -1.82. The van der Waals surface area contributed by atoms with Crippen molar-refractivity contribution in [1.29, 1.82) is 0 Å². The number of fused-ring (bicyclic) bond motifs is 2. The average Bonchev–Trinajstić information content (AvgIpc) is 2.78. The maximum absolute atomic E-state index is 2.53. The molecule has 2 fully saturated rings. The number of rotatable bonds is 2. The molecule has 3 aromatic rings. The van der Waals surface area contributed by atoms with Gasteiger partial charge in [0.1, 0.15) is 0 Å². The molecule has 0 heteroatoms. The lowest BCUT2D eigenvalue weighted by atomic mass is 9.81. The second-order valence-corrected chi connectivity index (χ2v) is 9.53. The van der Waals surface area contributed by atoms with Gasteiger partial charge in [-0.1, -0.05) is 74.9 Å². The number of hydrogen-bond acceptors (Lipinski definition) is 0. The maximum Gasteiger partial charge on any atom is -0.0143 e. The third-order valence-corrected chi connectivity index (χ3v) is 7.86. The summed E-state index contributed by atoms with van der Waals surface area (Å²) in [6.07, 6.45) is 14.0. The molecule has 0 radical (unpaired) electrons. The van der Waals surface area contributed by atoms with Gasteiger partial charge in [-0.05, 0) is 95.2 Å². The standard InChI is InChI=1S/C28H34/c1-19-25-15-13-24(22-11-7-4-8-12-22)18-28(25)20(2)26-16-14-23(17-27(19)26)21-9-5-3-6-10-21/h13-18,21-22H,3-12H2,1-2H3. The Balaban J connectivity index is 1.62. The third kappa shape index (κ3) is 3.15. The Morgan fingerprint density at radius 3 is 1.29 bits per heavy atom. The quantitative estimate of drug-likeness (QED) is 0.396.